The average Bonchev–Trinajstić information content (AvgIpc) is 3.91. The predicted molar refractivity (Wildman–Crippen MR) is 199 cm³/mol. The summed E-state index contributed by atoms with van der Waals surface area (Å²) in [6, 6.07) is 20.5. The second-order valence-corrected chi connectivity index (χ2v) is 16.5. The number of anilines is 1. The highest BCUT2D eigenvalue weighted by Crippen LogP contribution is 2.36. The molecule has 2 aliphatic carbocycles. The van der Waals surface area contributed by atoms with Crippen LogP contribution in [0.15, 0.2) is 77.7 Å². The first-order valence-electron chi connectivity index (χ1n) is 17.7. The zero-order valence-electron chi connectivity index (χ0n) is 28.8. The number of hydrogen-bond donors (Lipinski definition) is 3. The van der Waals surface area contributed by atoms with E-state index in [1.165, 1.54) is 21.3 Å². The van der Waals surface area contributed by atoms with Crippen molar-refractivity contribution >= 4 is 50.7 Å². The maximum atomic E-state index is 13.8. The molecule has 1 saturated carbocycles. The van der Waals surface area contributed by atoms with Crippen molar-refractivity contribution in [3.8, 4) is 0 Å². The molecule has 2 aliphatic rings. The smallest absolute Gasteiger partial charge is 0.335 e. The van der Waals surface area contributed by atoms with E-state index < -0.39 is 22.0 Å². The van der Waals surface area contributed by atoms with Crippen LogP contribution in [-0.2, 0) is 46.9 Å². The maximum Gasteiger partial charge on any atom is 0.335 e. The minimum absolute atomic E-state index is 0.0210. The summed E-state index contributed by atoms with van der Waals surface area (Å²) in [6.45, 7) is 0.113. The van der Waals surface area contributed by atoms with Crippen LogP contribution in [0.4, 0.5) is 5.69 Å². The fourth-order valence-corrected chi connectivity index (χ4v) is 9.86. The Bertz CT molecular complexity index is 2070. The summed E-state index contributed by atoms with van der Waals surface area (Å²) in [5.41, 5.74) is 5.02. The number of nitrogens with zero attached hydrogens (tertiary/aromatic N) is 1. The van der Waals surface area contributed by atoms with E-state index in [-0.39, 0.29) is 59.6 Å². The maximum absolute atomic E-state index is 13.8. The Morgan fingerprint density at radius 1 is 0.808 bits per heavy atom. The Morgan fingerprint density at radius 2 is 1.48 bits per heavy atom. The lowest BCUT2D eigenvalue weighted by atomic mass is 9.93. The number of carboxylic acid groups (broad SMARTS) is 2. The summed E-state index contributed by atoms with van der Waals surface area (Å²) in [6.07, 6.45) is 7.27. The van der Waals surface area contributed by atoms with E-state index >= 15 is 0 Å². The summed E-state index contributed by atoms with van der Waals surface area (Å²) in [4.78, 5) is 51.5. The lowest BCUT2D eigenvalue weighted by molar-refractivity contribution is -0.137. The monoisotopic (exact) mass is 742 g/mol. The Balaban J connectivity index is 1.11. The summed E-state index contributed by atoms with van der Waals surface area (Å²) in [5.74, 6) is -2.34. The molecule has 0 bridgehead atoms. The minimum Gasteiger partial charge on any atom is -0.481 e. The molecule has 3 N–H and O–H groups in total. The van der Waals surface area contributed by atoms with Gasteiger partial charge in [-0.1, -0.05) is 36.4 Å². The SMILES string of the molecule is O=C(O)CCCN(C1CC1)S(=O)(=O)c1cccc(C(=O)CCc2sc3c(c2C(=O)Nc2ccc(CCc4ccc(C(=O)O)cc4)cc2)CCCC3)c1. The van der Waals surface area contributed by atoms with Crippen molar-refractivity contribution in [1.29, 1.82) is 0 Å². The van der Waals surface area contributed by atoms with Crippen LogP contribution >= 0.6 is 11.3 Å². The lowest BCUT2D eigenvalue weighted by Crippen LogP contribution is -2.34. The van der Waals surface area contributed by atoms with Crippen LogP contribution in [0.25, 0.3) is 0 Å². The number of amides is 1. The Labute approximate surface area is 307 Å². The van der Waals surface area contributed by atoms with Crippen LogP contribution in [0, 0.1) is 0 Å². The number of aliphatic carboxylic acids is 1. The standard InChI is InChI=1S/C40H42N2O8S2/c43-34(29-5-3-6-32(25-29)52(49,50)42(31-20-21-31)24-4-9-37(44)45)22-23-36-38(33-7-1-2-8-35(33)51-36)39(46)41-30-18-14-27(15-19-30)11-10-26-12-16-28(17-13-26)40(47)48/h3,5-6,12-19,25,31H,1-2,4,7-11,20-24H2,(H,41,46)(H,44,45)(H,47,48). The van der Waals surface area contributed by atoms with Crippen LogP contribution in [0.5, 0.6) is 0 Å². The van der Waals surface area contributed by atoms with Gasteiger partial charge in [-0.15, -0.1) is 11.3 Å². The summed E-state index contributed by atoms with van der Waals surface area (Å²) in [5, 5.41) is 21.2. The van der Waals surface area contributed by atoms with Crippen molar-refractivity contribution in [2.24, 2.45) is 0 Å². The highest BCUT2D eigenvalue weighted by molar-refractivity contribution is 7.89. The minimum atomic E-state index is -3.91. The third-order valence-corrected chi connectivity index (χ3v) is 13.0. The summed E-state index contributed by atoms with van der Waals surface area (Å²) in [7, 11) is -3.91. The van der Waals surface area contributed by atoms with Crippen molar-refractivity contribution in [3.05, 3.63) is 116 Å². The third kappa shape index (κ3) is 9.04. The van der Waals surface area contributed by atoms with Gasteiger partial charge in [-0.3, -0.25) is 14.4 Å². The molecule has 6 rings (SSSR count). The van der Waals surface area contributed by atoms with E-state index in [1.54, 1.807) is 35.6 Å². The second kappa shape index (κ2) is 16.4. The number of Topliss-reactive ketones (excluding diaryl/α,β-unsaturated/α-hetero) is 1. The third-order valence-electron chi connectivity index (χ3n) is 9.65. The van der Waals surface area contributed by atoms with Crippen molar-refractivity contribution in [2.75, 3.05) is 11.9 Å². The van der Waals surface area contributed by atoms with Gasteiger partial charge >= 0.3 is 11.9 Å². The number of carbonyl (C=O) groups is 4. The number of nitrogens with one attached hydrogen (secondary N) is 1. The number of carbonyl (C=O) groups excluding carboxylic acids is 2. The molecule has 0 spiro atoms. The quantitative estimate of drug-likeness (QED) is 0.0959. The zero-order chi connectivity index (χ0) is 36.8. The van der Waals surface area contributed by atoms with Gasteiger partial charge in [0, 0.05) is 46.4 Å². The molecule has 0 unspecified atom stereocenters. The highest BCUT2D eigenvalue weighted by atomic mass is 32.2. The first-order valence-corrected chi connectivity index (χ1v) is 20.0. The van der Waals surface area contributed by atoms with Crippen molar-refractivity contribution in [1.82, 2.24) is 4.31 Å². The number of sulfonamides is 1. The van der Waals surface area contributed by atoms with E-state index in [2.05, 4.69) is 5.32 Å². The van der Waals surface area contributed by atoms with Crippen LogP contribution in [0.1, 0.15) is 102 Å². The van der Waals surface area contributed by atoms with Crippen LogP contribution in [0.2, 0.25) is 0 Å². The molecule has 4 aromatic rings. The number of fused-ring (bicyclic) bond motifs is 1. The van der Waals surface area contributed by atoms with Gasteiger partial charge in [0.05, 0.1) is 16.0 Å². The number of hydrogen-bond acceptors (Lipinski definition) is 7. The van der Waals surface area contributed by atoms with Gasteiger partial charge in [0.2, 0.25) is 10.0 Å². The number of carboxylic acids is 2. The van der Waals surface area contributed by atoms with Gasteiger partial charge < -0.3 is 15.5 Å². The van der Waals surface area contributed by atoms with Crippen LogP contribution < -0.4 is 5.32 Å². The van der Waals surface area contributed by atoms with E-state index in [1.807, 2.05) is 36.4 Å². The number of benzene rings is 3. The first-order chi connectivity index (χ1) is 25.0. The van der Waals surface area contributed by atoms with Crippen molar-refractivity contribution in [3.63, 3.8) is 0 Å². The zero-order valence-corrected chi connectivity index (χ0v) is 30.4. The topological polar surface area (TPSA) is 158 Å². The van der Waals surface area contributed by atoms with Gasteiger partial charge in [0.15, 0.2) is 5.78 Å². The molecule has 0 radical (unpaired) electrons. The molecule has 272 valence electrons. The molecule has 0 atom stereocenters. The molecule has 3 aromatic carbocycles. The molecule has 1 heterocycles. The van der Waals surface area contributed by atoms with E-state index in [0.717, 1.165) is 72.9 Å². The van der Waals surface area contributed by atoms with E-state index in [9.17, 15) is 27.6 Å². The number of rotatable bonds is 17. The second-order valence-electron chi connectivity index (χ2n) is 13.5. The number of ketones is 1. The van der Waals surface area contributed by atoms with Crippen molar-refractivity contribution < 1.29 is 37.8 Å². The molecule has 10 nitrogen and oxygen atoms in total. The molecule has 1 aromatic heterocycles. The number of aryl methyl sites for hydroxylation is 4. The Hall–Kier alpha value is -4.65. The summed E-state index contributed by atoms with van der Waals surface area (Å²) >= 11 is 1.59. The van der Waals surface area contributed by atoms with Crippen molar-refractivity contribution in [2.45, 2.75) is 88.0 Å². The fourth-order valence-electron chi connectivity index (χ4n) is 6.70. The van der Waals surface area contributed by atoms with Gasteiger partial charge in [-0.05, 0) is 117 Å². The molecule has 1 amide bonds. The highest BCUT2D eigenvalue weighted by Gasteiger charge is 2.38. The van der Waals surface area contributed by atoms with Gasteiger partial charge in [-0.25, -0.2) is 13.2 Å². The Morgan fingerprint density at radius 3 is 2.13 bits per heavy atom. The normalized spacial score (nSPS) is 14.2. The predicted octanol–water partition coefficient (Wildman–Crippen LogP) is 7.20. The number of aromatic carboxylic acids is 1. The van der Waals surface area contributed by atoms with E-state index in [4.69, 9.17) is 10.2 Å². The van der Waals surface area contributed by atoms with Gasteiger partial charge in [0.25, 0.3) is 5.91 Å². The molecule has 52 heavy (non-hydrogen) atoms. The first kappa shape index (κ1) is 37.1. The number of thiophene rings is 1. The summed E-state index contributed by atoms with van der Waals surface area (Å²) < 4.78 is 28.5. The molecular formula is C40H42N2O8S2. The molecule has 1 fully saturated rings. The lowest BCUT2D eigenvalue weighted by Gasteiger charge is -2.22. The van der Waals surface area contributed by atoms with E-state index in [0.29, 0.717) is 17.7 Å². The van der Waals surface area contributed by atoms with Gasteiger partial charge in [-0.2, -0.15) is 4.31 Å². The van der Waals surface area contributed by atoms with Crippen LogP contribution in [0.3, 0.4) is 0 Å². The molecular weight excluding hydrogens is 701 g/mol. The average molecular weight is 743 g/mol. The Kier molecular flexibility index (Phi) is 11.7. The molecule has 0 saturated heterocycles. The molecule has 0 aliphatic heterocycles. The fraction of sp³-hybridized carbons (Fsp3) is 0.350. The largest absolute Gasteiger partial charge is 0.481 e. The molecule has 12 heteroatoms. The van der Waals surface area contributed by atoms with Crippen LogP contribution in [-0.4, -0.2) is 59.2 Å². The van der Waals surface area contributed by atoms with Gasteiger partial charge in [0.1, 0.15) is 0 Å².